The molecule has 0 amide bonds. The van der Waals surface area contributed by atoms with Gasteiger partial charge in [0.25, 0.3) is 0 Å². The highest BCUT2D eigenvalue weighted by atomic mass is 16.3. The van der Waals surface area contributed by atoms with E-state index in [1.54, 1.807) is 0 Å². The van der Waals surface area contributed by atoms with Gasteiger partial charge >= 0.3 is 0 Å². The molecule has 0 saturated heterocycles. The highest BCUT2D eigenvalue weighted by Gasteiger charge is 2.10. The molecule has 0 aliphatic carbocycles. The van der Waals surface area contributed by atoms with Crippen LogP contribution >= 0.6 is 0 Å². The predicted molar refractivity (Wildman–Crippen MR) is 222 cm³/mol. The predicted octanol–water partition coefficient (Wildman–Crippen LogP) is 14.8. The van der Waals surface area contributed by atoms with Crippen molar-refractivity contribution in [3.8, 4) is 0 Å². The maximum atomic E-state index is 9.79. The summed E-state index contributed by atoms with van der Waals surface area (Å²) in [6.07, 6.45) is 29.3. The van der Waals surface area contributed by atoms with E-state index in [4.69, 9.17) is 0 Å². The highest BCUT2D eigenvalue weighted by molar-refractivity contribution is 5.50. The Morgan fingerprint density at radius 2 is 0.918 bits per heavy atom. The number of rotatable bonds is 30. The van der Waals surface area contributed by atoms with E-state index in [1.807, 2.05) is 6.07 Å². The van der Waals surface area contributed by atoms with Crippen LogP contribution in [0.2, 0.25) is 0 Å². The normalized spacial score (nSPS) is 15.2. The summed E-state index contributed by atoms with van der Waals surface area (Å²) in [5.41, 5.74) is 5.21. The molecule has 0 aliphatic heterocycles. The maximum Gasteiger partial charge on any atom is 0.0682 e. The average Bonchev–Trinajstić information content (AvgIpc) is 3.04. The monoisotopic (exact) mass is 680 g/mol. The van der Waals surface area contributed by atoms with Crippen LogP contribution in [-0.2, 0) is 6.61 Å². The summed E-state index contributed by atoms with van der Waals surface area (Å²) in [7, 11) is 0. The third kappa shape index (κ3) is 25.1. The van der Waals surface area contributed by atoms with Crippen LogP contribution in [0, 0.1) is 35.5 Å². The molecule has 0 unspecified atom stereocenters. The minimum absolute atomic E-state index is 0.0931. The Labute approximate surface area is 308 Å². The maximum absolute atomic E-state index is 9.79. The summed E-state index contributed by atoms with van der Waals surface area (Å²) in [6.45, 7) is 25.8. The fourth-order valence-corrected chi connectivity index (χ4v) is 7.29. The molecule has 0 radical (unpaired) electrons. The van der Waals surface area contributed by atoms with E-state index in [1.165, 1.54) is 132 Å². The van der Waals surface area contributed by atoms with E-state index in [2.05, 4.69) is 104 Å². The summed E-state index contributed by atoms with van der Waals surface area (Å²) in [6, 6.07) is 8.47. The van der Waals surface area contributed by atoms with E-state index in [0.29, 0.717) is 0 Å². The van der Waals surface area contributed by atoms with E-state index in [0.717, 1.165) is 54.2 Å². The molecule has 1 aromatic rings. The number of allylic oxidation sites excluding steroid dienone is 2. The van der Waals surface area contributed by atoms with Crippen molar-refractivity contribution in [1.82, 2.24) is 0 Å². The fourth-order valence-electron chi connectivity index (χ4n) is 7.29. The Kier molecular flexibility index (Phi) is 26.1. The van der Waals surface area contributed by atoms with Gasteiger partial charge in [0.05, 0.1) is 6.61 Å². The number of anilines is 1. The van der Waals surface area contributed by atoms with Crippen LogP contribution < -0.4 is 4.90 Å². The molecule has 49 heavy (non-hydrogen) atoms. The number of aliphatic hydroxyl groups is 1. The Morgan fingerprint density at radius 1 is 0.551 bits per heavy atom. The zero-order valence-corrected chi connectivity index (χ0v) is 34.7. The topological polar surface area (TPSA) is 23.5 Å². The zero-order chi connectivity index (χ0) is 36.4. The first-order valence-electron chi connectivity index (χ1n) is 21.1. The first-order valence-corrected chi connectivity index (χ1v) is 21.1. The van der Waals surface area contributed by atoms with Gasteiger partial charge in [0.1, 0.15) is 0 Å². The molecule has 0 bridgehead atoms. The van der Waals surface area contributed by atoms with Crippen molar-refractivity contribution >= 4 is 5.69 Å². The van der Waals surface area contributed by atoms with E-state index >= 15 is 0 Å². The Hall–Kier alpha value is -1.54. The van der Waals surface area contributed by atoms with Gasteiger partial charge in [0.2, 0.25) is 0 Å². The molecule has 1 rings (SSSR count). The quantitative estimate of drug-likeness (QED) is 0.0818. The second-order valence-corrected chi connectivity index (χ2v) is 17.6. The molecular weight excluding hydrogens is 595 g/mol. The lowest BCUT2D eigenvalue weighted by Crippen LogP contribution is -2.24. The summed E-state index contributed by atoms with van der Waals surface area (Å²) >= 11 is 0. The van der Waals surface area contributed by atoms with Crippen molar-refractivity contribution < 1.29 is 5.11 Å². The third-order valence-corrected chi connectivity index (χ3v) is 11.1. The Morgan fingerprint density at radius 3 is 1.29 bits per heavy atom. The molecule has 1 aromatic carbocycles. The second-order valence-electron chi connectivity index (χ2n) is 17.6. The molecule has 0 heterocycles. The Balaban J connectivity index is 2.50. The van der Waals surface area contributed by atoms with Crippen LogP contribution in [0.5, 0.6) is 0 Å². The molecule has 0 fully saturated rings. The number of benzene rings is 1. The van der Waals surface area contributed by atoms with Crippen molar-refractivity contribution in [2.45, 2.75) is 191 Å². The van der Waals surface area contributed by atoms with Crippen molar-refractivity contribution in [2.75, 3.05) is 18.0 Å². The van der Waals surface area contributed by atoms with Crippen molar-refractivity contribution in [3.05, 3.63) is 53.1 Å². The van der Waals surface area contributed by atoms with Gasteiger partial charge in [-0.25, -0.2) is 0 Å². The van der Waals surface area contributed by atoms with E-state index < -0.39 is 0 Å². The lowest BCUT2D eigenvalue weighted by Gasteiger charge is -2.23. The summed E-state index contributed by atoms with van der Waals surface area (Å²) in [5.74, 6) is 5.13. The highest BCUT2D eigenvalue weighted by Crippen LogP contribution is 2.24. The van der Waals surface area contributed by atoms with Crippen LogP contribution in [0.25, 0.3) is 0 Å². The van der Waals surface area contributed by atoms with Crippen molar-refractivity contribution in [1.29, 1.82) is 0 Å². The molecule has 0 aliphatic rings. The number of hydrogen-bond acceptors (Lipinski definition) is 2. The lowest BCUT2D eigenvalue weighted by atomic mass is 9.91. The fraction of sp³-hybridized carbons (Fsp3) is 0.787. The molecule has 284 valence electrons. The van der Waals surface area contributed by atoms with Crippen LogP contribution in [0.15, 0.2) is 47.6 Å². The van der Waals surface area contributed by atoms with Gasteiger partial charge in [-0.05, 0) is 92.7 Å². The van der Waals surface area contributed by atoms with Crippen molar-refractivity contribution in [3.63, 3.8) is 0 Å². The minimum atomic E-state index is 0.0931. The van der Waals surface area contributed by atoms with Gasteiger partial charge in [-0.15, -0.1) is 0 Å². The molecule has 2 heteroatoms. The third-order valence-electron chi connectivity index (χ3n) is 11.1. The first-order chi connectivity index (χ1) is 23.4. The number of hydrogen-bond donors (Lipinski definition) is 1. The smallest absolute Gasteiger partial charge is 0.0682 e. The SMILES string of the molecule is C/C(=C\CN(C/C=C(\C)CCC[C@H](C)CCC[C@H](C)CCCC(C)C)c1cccc(CO)c1)CCC[C@H](C)CCC[C@H](C)CCCC(C)C. The largest absolute Gasteiger partial charge is 0.392 e. The molecule has 0 aromatic heterocycles. The van der Waals surface area contributed by atoms with Gasteiger partial charge in [-0.2, -0.15) is 0 Å². The molecular formula is C47H85NO. The number of nitrogens with zero attached hydrogens (tertiary/aromatic N) is 1. The lowest BCUT2D eigenvalue weighted by molar-refractivity contribution is 0.282. The standard InChI is InChI=1S/C47H85NO/c1-38(2)18-11-20-40(5)22-13-24-42(7)26-15-28-44(9)32-34-48(47-31-17-30-46(36-47)37-49)35-33-45(10)29-16-27-43(8)25-14-23-41(6)21-12-19-39(3)4/h17,30-33,36,38-43,49H,11-16,18-29,34-35,37H2,1-10H3/b44-32+,45-33+/t40-,41-,42-,43-/m1/s1. The summed E-state index contributed by atoms with van der Waals surface area (Å²) in [4.78, 5) is 2.47. The zero-order valence-electron chi connectivity index (χ0n) is 34.7. The van der Waals surface area contributed by atoms with Crippen LogP contribution in [0.4, 0.5) is 5.69 Å². The first kappa shape index (κ1) is 45.5. The van der Waals surface area contributed by atoms with Crippen LogP contribution in [0.3, 0.4) is 0 Å². The van der Waals surface area contributed by atoms with Gasteiger partial charge in [-0.1, -0.05) is 181 Å². The minimum Gasteiger partial charge on any atom is -0.392 e. The van der Waals surface area contributed by atoms with Crippen molar-refractivity contribution in [2.24, 2.45) is 35.5 Å². The summed E-state index contributed by atoms with van der Waals surface area (Å²) in [5, 5.41) is 9.79. The second kappa shape index (κ2) is 28.1. The van der Waals surface area contributed by atoms with E-state index in [-0.39, 0.29) is 6.61 Å². The molecule has 0 spiro atoms. The van der Waals surface area contributed by atoms with E-state index in [9.17, 15) is 5.11 Å². The molecule has 4 atom stereocenters. The average molecular weight is 680 g/mol. The molecule has 0 saturated carbocycles. The van der Waals surface area contributed by atoms with Gasteiger partial charge in [0.15, 0.2) is 0 Å². The van der Waals surface area contributed by atoms with Gasteiger partial charge in [0, 0.05) is 18.8 Å². The Bertz CT molecular complexity index is 934. The van der Waals surface area contributed by atoms with Crippen LogP contribution in [-0.4, -0.2) is 18.2 Å². The van der Waals surface area contributed by atoms with Gasteiger partial charge < -0.3 is 10.0 Å². The van der Waals surface area contributed by atoms with Gasteiger partial charge in [-0.3, -0.25) is 0 Å². The summed E-state index contributed by atoms with van der Waals surface area (Å²) < 4.78 is 0. The number of aliphatic hydroxyl groups excluding tert-OH is 1. The molecule has 2 nitrogen and oxygen atoms in total. The van der Waals surface area contributed by atoms with Crippen LogP contribution in [0.1, 0.15) is 190 Å². The molecule has 1 N–H and O–H groups in total.